The molecule has 0 aliphatic heterocycles. The number of benzene rings is 2. The molecule has 11 heteroatoms. The molecule has 0 fully saturated rings. The van der Waals surface area contributed by atoms with Crippen LogP contribution in [0.1, 0.15) is 5.56 Å². The zero-order valence-corrected chi connectivity index (χ0v) is 17.9. The number of aromatic nitrogens is 2. The maximum Gasteiger partial charge on any atom is 0.264 e. The van der Waals surface area contributed by atoms with E-state index in [1.165, 1.54) is 29.1 Å². The second-order valence-corrected chi connectivity index (χ2v) is 9.18. The first-order valence-electron chi connectivity index (χ1n) is 7.30. The van der Waals surface area contributed by atoms with Gasteiger partial charge in [0.1, 0.15) is 9.92 Å². The van der Waals surface area contributed by atoms with E-state index in [2.05, 4.69) is 9.82 Å². The van der Waals surface area contributed by atoms with E-state index in [4.69, 9.17) is 58.0 Å². The number of anilines is 1. The van der Waals surface area contributed by atoms with E-state index in [1.807, 2.05) is 0 Å². The predicted molar refractivity (Wildman–Crippen MR) is 110 cm³/mol. The molecule has 0 unspecified atom stereocenters. The fourth-order valence-electron chi connectivity index (χ4n) is 2.24. The third-order valence-electron chi connectivity index (χ3n) is 3.48. The SMILES string of the molecule is O=S(=O)(Nc1nn(Cc2ccc(Cl)cc2Cl)cc1Cl)c1cc(Cl)ccc1Cl. The molecule has 1 heterocycles. The molecule has 0 radical (unpaired) electrons. The Labute approximate surface area is 180 Å². The molecule has 142 valence electrons. The Morgan fingerprint density at radius 2 is 1.56 bits per heavy atom. The molecule has 3 aromatic rings. The Kier molecular flexibility index (Phi) is 6.15. The summed E-state index contributed by atoms with van der Waals surface area (Å²) in [6, 6.07) is 9.16. The predicted octanol–water partition coefficient (Wildman–Crippen LogP) is 6.00. The summed E-state index contributed by atoms with van der Waals surface area (Å²) in [5, 5.41) is 5.49. The highest BCUT2D eigenvalue weighted by Gasteiger charge is 2.21. The largest absolute Gasteiger partial charge is 0.265 e. The summed E-state index contributed by atoms with van der Waals surface area (Å²) in [5.74, 6) is -0.0437. The van der Waals surface area contributed by atoms with E-state index in [9.17, 15) is 8.42 Å². The molecule has 0 bridgehead atoms. The van der Waals surface area contributed by atoms with Crippen molar-refractivity contribution in [2.24, 2.45) is 0 Å². The average molecular weight is 486 g/mol. The van der Waals surface area contributed by atoms with Crippen molar-refractivity contribution in [3.63, 3.8) is 0 Å². The topological polar surface area (TPSA) is 64.0 Å². The molecule has 5 nitrogen and oxygen atoms in total. The van der Waals surface area contributed by atoms with Crippen molar-refractivity contribution in [1.29, 1.82) is 0 Å². The van der Waals surface area contributed by atoms with Gasteiger partial charge in [0.25, 0.3) is 10.0 Å². The van der Waals surface area contributed by atoms with E-state index in [0.717, 1.165) is 5.56 Å². The van der Waals surface area contributed by atoms with Crippen LogP contribution >= 0.6 is 58.0 Å². The molecule has 0 aliphatic carbocycles. The van der Waals surface area contributed by atoms with Crippen LogP contribution < -0.4 is 4.72 Å². The van der Waals surface area contributed by atoms with Crippen LogP contribution in [0.2, 0.25) is 25.1 Å². The third-order valence-corrected chi connectivity index (χ3v) is 6.40. The van der Waals surface area contributed by atoms with Crippen molar-refractivity contribution in [3.8, 4) is 0 Å². The lowest BCUT2D eigenvalue weighted by molar-refractivity contribution is 0.600. The Morgan fingerprint density at radius 1 is 0.889 bits per heavy atom. The second-order valence-electron chi connectivity index (χ2n) is 5.44. The zero-order valence-electron chi connectivity index (χ0n) is 13.3. The van der Waals surface area contributed by atoms with Crippen LogP contribution in [0.4, 0.5) is 5.82 Å². The lowest BCUT2D eigenvalue weighted by Crippen LogP contribution is -2.14. The second kappa shape index (κ2) is 8.07. The summed E-state index contributed by atoms with van der Waals surface area (Å²) in [5.41, 5.74) is 0.743. The van der Waals surface area contributed by atoms with Crippen LogP contribution in [0, 0.1) is 0 Å². The first-order valence-corrected chi connectivity index (χ1v) is 10.7. The van der Waals surface area contributed by atoms with Crippen molar-refractivity contribution in [2.45, 2.75) is 11.4 Å². The number of sulfonamides is 1. The van der Waals surface area contributed by atoms with Crippen molar-refractivity contribution in [2.75, 3.05) is 4.72 Å². The Balaban J connectivity index is 1.87. The highest BCUT2D eigenvalue weighted by Crippen LogP contribution is 2.29. The minimum atomic E-state index is -4.03. The van der Waals surface area contributed by atoms with E-state index < -0.39 is 10.0 Å². The maximum atomic E-state index is 12.6. The molecule has 0 spiro atoms. The summed E-state index contributed by atoms with van der Waals surface area (Å²) in [4.78, 5) is -0.178. The van der Waals surface area contributed by atoms with Crippen molar-refractivity contribution >= 4 is 73.8 Å². The highest BCUT2D eigenvalue weighted by atomic mass is 35.5. The lowest BCUT2D eigenvalue weighted by Gasteiger charge is -2.08. The number of nitrogens with zero attached hydrogens (tertiary/aromatic N) is 2. The average Bonchev–Trinajstić information content (AvgIpc) is 2.91. The molecule has 0 saturated heterocycles. The summed E-state index contributed by atoms with van der Waals surface area (Å²) < 4.78 is 28.9. The molecular formula is C16H10Cl5N3O2S. The number of halogens is 5. The van der Waals surface area contributed by atoms with E-state index in [0.29, 0.717) is 10.0 Å². The van der Waals surface area contributed by atoms with Gasteiger partial charge in [0.05, 0.1) is 11.6 Å². The molecule has 2 aromatic carbocycles. The Morgan fingerprint density at radius 3 is 2.26 bits per heavy atom. The Bertz CT molecular complexity index is 1120. The molecule has 3 rings (SSSR count). The van der Waals surface area contributed by atoms with Gasteiger partial charge in [-0.3, -0.25) is 9.40 Å². The van der Waals surface area contributed by atoms with Gasteiger partial charge < -0.3 is 0 Å². The smallest absolute Gasteiger partial charge is 0.264 e. The minimum absolute atomic E-state index is 0.0235. The summed E-state index contributed by atoms with van der Waals surface area (Å²) >= 11 is 30.0. The first-order chi connectivity index (χ1) is 12.7. The van der Waals surface area contributed by atoms with E-state index >= 15 is 0 Å². The van der Waals surface area contributed by atoms with Crippen LogP contribution in [-0.4, -0.2) is 18.2 Å². The minimum Gasteiger partial charge on any atom is -0.265 e. The quantitative estimate of drug-likeness (QED) is 0.482. The monoisotopic (exact) mass is 483 g/mol. The molecule has 1 aromatic heterocycles. The van der Waals surface area contributed by atoms with Crippen LogP contribution in [0.25, 0.3) is 0 Å². The Hall–Kier alpha value is -1.15. The molecular weight excluding hydrogens is 476 g/mol. The van der Waals surface area contributed by atoms with Crippen molar-refractivity contribution in [3.05, 3.63) is 73.3 Å². The van der Waals surface area contributed by atoms with Crippen LogP contribution in [-0.2, 0) is 16.6 Å². The third kappa shape index (κ3) is 4.83. The fraction of sp³-hybridized carbons (Fsp3) is 0.0625. The molecule has 0 amide bonds. The molecule has 0 saturated carbocycles. The maximum absolute atomic E-state index is 12.6. The van der Waals surface area contributed by atoms with Gasteiger partial charge in [0.15, 0.2) is 5.82 Å². The van der Waals surface area contributed by atoms with Crippen LogP contribution in [0.3, 0.4) is 0 Å². The van der Waals surface area contributed by atoms with Gasteiger partial charge in [-0.15, -0.1) is 0 Å². The lowest BCUT2D eigenvalue weighted by atomic mass is 10.2. The van der Waals surface area contributed by atoms with Gasteiger partial charge in [-0.2, -0.15) is 5.10 Å². The van der Waals surface area contributed by atoms with Crippen molar-refractivity contribution in [1.82, 2.24) is 9.78 Å². The number of rotatable bonds is 5. The normalized spacial score (nSPS) is 11.6. The summed E-state index contributed by atoms with van der Waals surface area (Å²) in [7, 11) is -4.03. The number of nitrogens with one attached hydrogen (secondary N) is 1. The summed E-state index contributed by atoms with van der Waals surface area (Å²) in [6.07, 6.45) is 1.48. The zero-order chi connectivity index (χ0) is 19.8. The highest BCUT2D eigenvalue weighted by molar-refractivity contribution is 7.92. The van der Waals surface area contributed by atoms with Gasteiger partial charge in [0.2, 0.25) is 0 Å². The van der Waals surface area contributed by atoms with Crippen LogP contribution in [0.5, 0.6) is 0 Å². The summed E-state index contributed by atoms with van der Waals surface area (Å²) in [6.45, 7) is 0.273. The molecule has 0 atom stereocenters. The number of hydrogen-bond donors (Lipinski definition) is 1. The van der Waals surface area contributed by atoms with E-state index in [-0.39, 0.29) is 32.3 Å². The molecule has 0 aliphatic rings. The standard InChI is InChI=1S/C16H10Cl5N3O2S/c17-10-2-1-9(13(20)5-10)7-24-8-14(21)16(22-24)23-27(25,26)15-6-11(18)3-4-12(15)19/h1-6,8H,7H2,(H,22,23). The van der Waals surface area contributed by atoms with E-state index in [1.54, 1.807) is 18.2 Å². The fourth-order valence-corrected chi connectivity index (χ4v) is 4.74. The van der Waals surface area contributed by atoms with Gasteiger partial charge in [-0.05, 0) is 35.9 Å². The molecule has 27 heavy (non-hydrogen) atoms. The van der Waals surface area contributed by atoms with Gasteiger partial charge in [-0.1, -0.05) is 64.1 Å². The van der Waals surface area contributed by atoms with Gasteiger partial charge >= 0.3 is 0 Å². The van der Waals surface area contributed by atoms with Crippen LogP contribution in [0.15, 0.2) is 47.5 Å². The van der Waals surface area contributed by atoms with Crippen molar-refractivity contribution < 1.29 is 8.42 Å². The molecule has 1 N–H and O–H groups in total. The van der Waals surface area contributed by atoms with Gasteiger partial charge in [0, 0.05) is 21.3 Å². The van der Waals surface area contributed by atoms with Gasteiger partial charge in [-0.25, -0.2) is 8.42 Å². The number of hydrogen-bond acceptors (Lipinski definition) is 3. The first kappa shape index (κ1) is 20.6.